The average molecular weight is 604 g/mol. The largest absolute Gasteiger partial charge is 0.322 e. The van der Waals surface area contributed by atoms with Crippen molar-refractivity contribution < 1.29 is 14.4 Å². The summed E-state index contributed by atoms with van der Waals surface area (Å²) in [4.78, 5) is 40.1. The lowest BCUT2D eigenvalue weighted by atomic mass is 9.87. The van der Waals surface area contributed by atoms with Gasteiger partial charge in [0.25, 0.3) is 17.7 Å². The zero-order chi connectivity index (χ0) is 33.2. The fourth-order valence-corrected chi connectivity index (χ4v) is 4.80. The smallest absolute Gasteiger partial charge is 0.255 e. The molecule has 3 amide bonds. The molecule has 0 fully saturated rings. The van der Waals surface area contributed by atoms with Crippen LogP contribution in [-0.4, -0.2) is 17.7 Å². The van der Waals surface area contributed by atoms with Gasteiger partial charge in [0.05, 0.1) is 0 Å². The van der Waals surface area contributed by atoms with Crippen molar-refractivity contribution in [1.29, 1.82) is 0 Å². The molecule has 4 aromatic rings. The Labute approximate surface area is 267 Å². The van der Waals surface area contributed by atoms with Gasteiger partial charge >= 0.3 is 0 Å². The maximum absolute atomic E-state index is 13.4. The van der Waals surface area contributed by atoms with Gasteiger partial charge in [-0.1, -0.05) is 98.7 Å². The molecule has 6 heteroatoms. The molecule has 4 rings (SSSR count). The number of carbonyl (C=O) groups excluding carboxylic acids is 3. The summed E-state index contributed by atoms with van der Waals surface area (Å²) < 4.78 is 0. The zero-order valence-electron chi connectivity index (χ0n) is 27.9. The average Bonchev–Trinajstić information content (AvgIpc) is 2.96. The van der Waals surface area contributed by atoms with Crippen LogP contribution in [0.1, 0.15) is 110 Å². The summed E-state index contributed by atoms with van der Waals surface area (Å²) in [5.74, 6) is -1.13. The highest BCUT2D eigenvalue weighted by Gasteiger charge is 2.19. The second kappa shape index (κ2) is 12.7. The Balaban J connectivity index is 1.62. The van der Waals surface area contributed by atoms with Gasteiger partial charge in [-0.2, -0.15) is 0 Å². The zero-order valence-corrected chi connectivity index (χ0v) is 27.9. The lowest BCUT2D eigenvalue weighted by molar-refractivity contribution is 0.101. The van der Waals surface area contributed by atoms with Gasteiger partial charge in [-0.05, 0) is 87.5 Å². The maximum Gasteiger partial charge on any atom is 0.255 e. The van der Waals surface area contributed by atoms with Crippen LogP contribution in [0.15, 0.2) is 91.0 Å². The Hall–Kier alpha value is -4.71. The van der Waals surface area contributed by atoms with Gasteiger partial charge < -0.3 is 16.0 Å². The van der Waals surface area contributed by atoms with Crippen LogP contribution >= 0.6 is 0 Å². The van der Waals surface area contributed by atoms with E-state index < -0.39 is 11.8 Å². The summed E-state index contributed by atoms with van der Waals surface area (Å²) in [6, 6.07) is 27.5. The van der Waals surface area contributed by atoms with Crippen LogP contribution in [0.2, 0.25) is 0 Å². The predicted octanol–water partition coefficient (Wildman–Crippen LogP) is 9.34. The first-order chi connectivity index (χ1) is 20.9. The quantitative estimate of drug-likeness (QED) is 0.205. The molecular weight excluding hydrogens is 558 g/mol. The lowest BCUT2D eigenvalue weighted by Gasteiger charge is -2.19. The van der Waals surface area contributed by atoms with Crippen molar-refractivity contribution in [3.05, 3.63) is 124 Å². The summed E-state index contributed by atoms with van der Waals surface area (Å²) in [5, 5.41) is 8.73. The lowest BCUT2D eigenvalue weighted by Crippen LogP contribution is -2.19. The van der Waals surface area contributed by atoms with E-state index in [0.29, 0.717) is 22.6 Å². The number of amides is 3. The van der Waals surface area contributed by atoms with Crippen molar-refractivity contribution in [2.75, 3.05) is 16.0 Å². The van der Waals surface area contributed by atoms with Gasteiger partial charge in [-0.25, -0.2) is 0 Å². The second-order valence-corrected chi connectivity index (χ2v) is 14.6. The van der Waals surface area contributed by atoms with Crippen LogP contribution in [0.5, 0.6) is 0 Å². The van der Waals surface area contributed by atoms with Crippen molar-refractivity contribution in [1.82, 2.24) is 0 Å². The van der Waals surface area contributed by atoms with E-state index in [2.05, 4.69) is 78.3 Å². The minimum absolute atomic E-state index is 0.0164. The molecule has 6 nitrogen and oxygen atoms in total. The van der Waals surface area contributed by atoms with Crippen molar-refractivity contribution in [3.63, 3.8) is 0 Å². The molecule has 45 heavy (non-hydrogen) atoms. The molecule has 0 saturated heterocycles. The summed E-state index contributed by atoms with van der Waals surface area (Å²) >= 11 is 0. The van der Waals surface area contributed by atoms with E-state index in [0.717, 1.165) is 16.7 Å². The number of anilines is 3. The molecule has 0 aliphatic rings. The van der Waals surface area contributed by atoms with Crippen molar-refractivity contribution >= 4 is 34.8 Å². The van der Waals surface area contributed by atoms with Gasteiger partial charge in [-0.15, -0.1) is 0 Å². The van der Waals surface area contributed by atoms with Crippen LogP contribution < -0.4 is 16.0 Å². The van der Waals surface area contributed by atoms with Crippen LogP contribution in [0.3, 0.4) is 0 Å². The fraction of sp³-hybridized carbons (Fsp3) is 0.308. The van der Waals surface area contributed by atoms with Crippen LogP contribution in [0.4, 0.5) is 17.1 Å². The molecule has 3 N–H and O–H groups in total. The molecule has 234 valence electrons. The van der Waals surface area contributed by atoms with E-state index in [4.69, 9.17) is 0 Å². The molecule has 0 radical (unpaired) electrons. The van der Waals surface area contributed by atoms with Crippen molar-refractivity contribution in [3.8, 4) is 0 Å². The highest BCUT2D eigenvalue weighted by Crippen LogP contribution is 2.27. The molecule has 0 aromatic heterocycles. The third-order valence-electron chi connectivity index (χ3n) is 7.75. The highest BCUT2D eigenvalue weighted by atomic mass is 16.2. The van der Waals surface area contributed by atoms with E-state index in [1.807, 2.05) is 60.7 Å². The van der Waals surface area contributed by atoms with Gasteiger partial charge in [0.15, 0.2) is 0 Å². The van der Waals surface area contributed by atoms with E-state index in [9.17, 15) is 14.4 Å². The molecule has 0 aliphatic heterocycles. The Morgan fingerprint density at radius 3 is 1.00 bits per heavy atom. The monoisotopic (exact) mass is 603 g/mol. The van der Waals surface area contributed by atoms with Gasteiger partial charge in [0.1, 0.15) is 0 Å². The summed E-state index contributed by atoms with van der Waals surface area (Å²) in [7, 11) is 0. The summed E-state index contributed by atoms with van der Waals surface area (Å²) in [6.07, 6.45) is 0. The Morgan fingerprint density at radius 1 is 0.378 bits per heavy atom. The Bertz CT molecular complexity index is 1590. The molecular formula is C39H45N3O3. The van der Waals surface area contributed by atoms with Gasteiger partial charge in [0, 0.05) is 33.8 Å². The van der Waals surface area contributed by atoms with E-state index in [1.165, 1.54) is 6.07 Å². The topological polar surface area (TPSA) is 87.3 Å². The van der Waals surface area contributed by atoms with Crippen molar-refractivity contribution in [2.24, 2.45) is 0 Å². The maximum atomic E-state index is 13.4. The molecule has 0 aliphatic carbocycles. The van der Waals surface area contributed by atoms with Crippen LogP contribution in [0.25, 0.3) is 0 Å². The van der Waals surface area contributed by atoms with Gasteiger partial charge in [-0.3, -0.25) is 14.4 Å². The third-order valence-corrected chi connectivity index (χ3v) is 7.75. The summed E-state index contributed by atoms with van der Waals surface area (Å²) in [6.45, 7) is 19.1. The van der Waals surface area contributed by atoms with Crippen LogP contribution in [0, 0.1) is 0 Å². The molecule has 4 aromatic carbocycles. The van der Waals surface area contributed by atoms with E-state index in [-0.39, 0.29) is 33.3 Å². The third kappa shape index (κ3) is 8.69. The van der Waals surface area contributed by atoms with E-state index >= 15 is 0 Å². The molecule has 0 saturated carbocycles. The normalized spacial score (nSPS) is 11.9. The van der Waals surface area contributed by atoms with Crippen LogP contribution in [-0.2, 0) is 16.2 Å². The number of hydrogen-bond donors (Lipinski definition) is 3. The molecule has 0 bridgehead atoms. The first kappa shape index (κ1) is 33.2. The van der Waals surface area contributed by atoms with E-state index in [1.54, 1.807) is 24.3 Å². The summed E-state index contributed by atoms with van der Waals surface area (Å²) in [5.41, 5.74) is 5.89. The first-order valence-electron chi connectivity index (χ1n) is 15.3. The molecule has 0 unspecified atom stereocenters. The van der Waals surface area contributed by atoms with Gasteiger partial charge in [0.2, 0.25) is 0 Å². The minimum Gasteiger partial charge on any atom is -0.322 e. The second-order valence-electron chi connectivity index (χ2n) is 14.6. The highest BCUT2D eigenvalue weighted by molar-refractivity contribution is 6.11. The molecule has 0 heterocycles. The predicted molar refractivity (Wildman–Crippen MR) is 186 cm³/mol. The number of rotatable bonds is 6. The molecule has 0 atom stereocenters. The first-order valence-corrected chi connectivity index (χ1v) is 15.3. The Kier molecular flexibility index (Phi) is 9.38. The number of hydrogen-bond acceptors (Lipinski definition) is 3. The fourth-order valence-electron chi connectivity index (χ4n) is 4.80. The number of nitrogens with one attached hydrogen (secondary N) is 3. The van der Waals surface area contributed by atoms with Crippen molar-refractivity contribution in [2.45, 2.75) is 78.6 Å². The minimum atomic E-state index is -0.396. The number of carbonyl (C=O) groups is 3. The number of benzene rings is 4. The standard InChI is InChI=1S/C39H45N3O3/c1-37(2,3)28-12-10-25(11-13-28)34(43)42-33-23-26(35(44)40-31-18-14-29(15-19-31)38(4,5)6)22-27(24-33)36(45)41-32-20-16-30(17-21-32)39(7,8)9/h10-24H,1-9H3,(H,40,44)(H,41,45)(H,42,43). The Morgan fingerprint density at radius 2 is 0.667 bits per heavy atom. The molecule has 0 spiro atoms. The SMILES string of the molecule is CC(C)(C)c1ccc(NC(=O)c2cc(NC(=O)c3ccc(C(C)(C)C)cc3)cc(C(=O)Nc3ccc(C(C)(C)C)cc3)c2)cc1.